The predicted molar refractivity (Wildman–Crippen MR) is 85.8 cm³/mol. The van der Waals surface area contributed by atoms with Crippen LogP contribution in [0.15, 0.2) is 0 Å². The van der Waals surface area contributed by atoms with Crippen molar-refractivity contribution in [3.8, 4) is 0 Å². The summed E-state index contributed by atoms with van der Waals surface area (Å²) >= 11 is 0. The summed E-state index contributed by atoms with van der Waals surface area (Å²) in [7, 11) is 4.76. The largest absolute Gasteiger partial charge is 0.371 e. The minimum Gasteiger partial charge on any atom is -0.371 e. The normalized spacial score (nSPS) is 20.9. The van der Waals surface area contributed by atoms with Crippen LogP contribution in [0.1, 0.15) is 58.8 Å². The van der Waals surface area contributed by atoms with Gasteiger partial charge < -0.3 is 23.7 Å². The Labute approximate surface area is 135 Å². The van der Waals surface area contributed by atoms with Crippen molar-refractivity contribution in [2.75, 3.05) is 34.5 Å². The molecule has 1 aliphatic rings. The van der Waals surface area contributed by atoms with Gasteiger partial charge in [-0.2, -0.15) is 0 Å². The first-order valence-electron chi connectivity index (χ1n) is 8.48. The van der Waals surface area contributed by atoms with Gasteiger partial charge in [0.1, 0.15) is 11.7 Å². The number of rotatable bonds is 14. The third-order valence-corrected chi connectivity index (χ3v) is 4.45. The van der Waals surface area contributed by atoms with Crippen LogP contribution in [0, 0.1) is 0 Å². The van der Waals surface area contributed by atoms with Gasteiger partial charge in [-0.25, -0.2) is 0 Å². The predicted octanol–water partition coefficient (Wildman–Crippen LogP) is 3.50. The molecule has 2 atom stereocenters. The Kier molecular flexibility index (Phi) is 8.87. The molecular weight excluding hydrogens is 284 g/mol. The first-order chi connectivity index (χ1) is 10.6. The minimum absolute atomic E-state index is 0.201. The van der Waals surface area contributed by atoms with E-state index >= 15 is 0 Å². The third-order valence-electron chi connectivity index (χ3n) is 4.45. The Morgan fingerprint density at radius 2 is 1.50 bits per heavy atom. The van der Waals surface area contributed by atoms with Gasteiger partial charge in [-0.05, 0) is 13.3 Å². The summed E-state index contributed by atoms with van der Waals surface area (Å²) in [6.45, 7) is 5.55. The minimum atomic E-state index is -1.19. The molecule has 1 fully saturated rings. The topological polar surface area (TPSA) is 49.5 Å². The lowest BCUT2D eigenvalue weighted by Crippen LogP contribution is -2.58. The van der Waals surface area contributed by atoms with Crippen LogP contribution in [0.2, 0.25) is 0 Å². The Morgan fingerprint density at radius 1 is 0.955 bits per heavy atom. The SMILES string of the molecule is CCCCCCCCC(C)(OCC1CO1)C(OC)(OC)OC. The van der Waals surface area contributed by atoms with Gasteiger partial charge in [-0.3, -0.25) is 0 Å². The van der Waals surface area contributed by atoms with Gasteiger partial charge >= 0.3 is 5.97 Å². The maximum Gasteiger partial charge on any atom is 0.312 e. The lowest BCUT2D eigenvalue weighted by atomic mass is 9.94. The van der Waals surface area contributed by atoms with Gasteiger partial charge in [0.25, 0.3) is 0 Å². The van der Waals surface area contributed by atoms with Gasteiger partial charge in [-0.15, -0.1) is 0 Å². The molecule has 0 radical (unpaired) electrons. The Hall–Kier alpha value is -0.200. The summed E-state index contributed by atoms with van der Waals surface area (Å²) in [5.41, 5.74) is -0.665. The van der Waals surface area contributed by atoms with Crippen LogP contribution in [-0.4, -0.2) is 52.2 Å². The van der Waals surface area contributed by atoms with E-state index in [1.807, 2.05) is 6.92 Å². The molecule has 5 nitrogen and oxygen atoms in total. The standard InChI is InChI=1S/C17H34O5/c1-6-7-8-9-10-11-12-16(2,22-14-15-13-21-15)17(18-3,19-4)20-5/h15H,6-14H2,1-5H3. The molecule has 0 aliphatic carbocycles. The van der Waals surface area contributed by atoms with Crippen molar-refractivity contribution in [3.63, 3.8) is 0 Å². The Balaban J connectivity index is 2.55. The highest BCUT2D eigenvalue weighted by atomic mass is 16.9. The Morgan fingerprint density at radius 3 is 2.00 bits per heavy atom. The van der Waals surface area contributed by atoms with Crippen LogP contribution in [0.25, 0.3) is 0 Å². The van der Waals surface area contributed by atoms with Gasteiger partial charge in [-0.1, -0.05) is 45.4 Å². The molecule has 22 heavy (non-hydrogen) atoms. The average molecular weight is 318 g/mol. The molecule has 0 amide bonds. The van der Waals surface area contributed by atoms with Crippen LogP contribution in [0.5, 0.6) is 0 Å². The number of unbranched alkanes of at least 4 members (excludes halogenated alkanes) is 5. The van der Waals surface area contributed by atoms with Crippen LogP contribution in [0.4, 0.5) is 0 Å². The first-order valence-corrected chi connectivity index (χ1v) is 8.48. The molecule has 5 heteroatoms. The van der Waals surface area contributed by atoms with Gasteiger partial charge in [0.2, 0.25) is 0 Å². The van der Waals surface area contributed by atoms with Crippen LogP contribution in [-0.2, 0) is 23.7 Å². The quantitative estimate of drug-likeness (QED) is 0.279. The molecule has 0 aromatic rings. The van der Waals surface area contributed by atoms with E-state index in [4.69, 9.17) is 23.7 Å². The van der Waals surface area contributed by atoms with Crippen molar-refractivity contribution in [2.24, 2.45) is 0 Å². The molecule has 1 aliphatic heterocycles. The molecule has 0 bridgehead atoms. The van der Waals surface area contributed by atoms with E-state index in [-0.39, 0.29) is 6.10 Å². The molecular formula is C17H34O5. The fourth-order valence-corrected chi connectivity index (χ4v) is 2.90. The van der Waals surface area contributed by atoms with Crippen LogP contribution >= 0.6 is 0 Å². The summed E-state index contributed by atoms with van der Waals surface area (Å²) < 4.78 is 28.0. The maximum atomic E-state index is 6.12. The summed E-state index contributed by atoms with van der Waals surface area (Å²) in [4.78, 5) is 0. The average Bonchev–Trinajstić information content (AvgIpc) is 3.35. The Bertz CT molecular complexity index is 281. The zero-order chi connectivity index (χ0) is 16.5. The lowest BCUT2D eigenvalue weighted by Gasteiger charge is -2.44. The van der Waals surface area contributed by atoms with E-state index < -0.39 is 11.6 Å². The molecule has 2 unspecified atom stereocenters. The highest BCUT2D eigenvalue weighted by Crippen LogP contribution is 2.36. The van der Waals surface area contributed by atoms with Crippen molar-refractivity contribution in [1.82, 2.24) is 0 Å². The second-order valence-corrected chi connectivity index (χ2v) is 6.18. The highest BCUT2D eigenvalue weighted by Gasteiger charge is 2.52. The fraction of sp³-hybridized carbons (Fsp3) is 1.00. The van der Waals surface area contributed by atoms with Gasteiger partial charge in [0, 0.05) is 21.3 Å². The van der Waals surface area contributed by atoms with E-state index in [0.717, 1.165) is 19.4 Å². The van der Waals surface area contributed by atoms with E-state index in [9.17, 15) is 0 Å². The molecule has 132 valence electrons. The third kappa shape index (κ3) is 5.46. The molecule has 1 rings (SSSR count). The van der Waals surface area contributed by atoms with Gasteiger partial charge in [0.05, 0.1) is 13.2 Å². The second-order valence-electron chi connectivity index (χ2n) is 6.18. The summed E-state index contributed by atoms with van der Waals surface area (Å²) in [6.07, 6.45) is 8.40. The molecule has 0 aromatic carbocycles. The lowest BCUT2D eigenvalue weighted by molar-refractivity contribution is -0.424. The molecule has 0 aromatic heterocycles. The maximum absolute atomic E-state index is 6.12. The molecule has 0 saturated carbocycles. The number of hydrogen-bond donors (Lipinski definition) is 0. The van der Waals surface area contributed by atoms with Gasteiger partial charge in [0.15, 0.2) is 0 Å². The number of ether oxygens (including phenoxy) is 5. The van der Waals surface area contributed by atoms with E-state index in [1.165, 1.54) is 32.1 Å². The van der Waals surface area contributed by atoms with E-state index in [0.29, 0.717) is 6.61 Å². The van der Waals surface area contributed by atoms with Crippen molar-refractivity contribution in [1.29, 1.82) is 0 Å². The fourth-order valence-electron chi connectivity index (χ4n) is 2.90. The molecule has 1 saturated heterocycles. The smallest absolute Gasteiger partial charge is 0.312 e. The highest BCUT2D eigenvalue weighted by molar-refractivity contribution is 4.88. The van der Waals surface area contributed by atoms with E-state index in [1.54, 1.807) is 21.3 Å². The second kappa shape index (κ2) is 9.83. The van der Waals surface area contributed by atoms with Crippen LogP contribution < -0.4 is 0 Å². The number of hydrogen-bond acceptors (Lipinski definition) is 5. The van der Waals surface area contributed by atoms with Crippen molar-refractivity contribution < 1.29 is 23.7 Å². The zero-order valence-electron chi connectivity index (χ0n) is 15.0. The summed E-state index contributed by atoms with van der Waals surface area (Å²) in [5.74, 6) is -1.19. The number of methoxy groups -OCH3 is 3. The van der Waals surface area contributed by atoms with Crippen LogP contribution in [0.3, 0.4) is 0 Å². The summed E-state index contributed by atoms with van der Waals surface area (Å²) in [5, 5.41) is 0. The zero-order valence-corrected chi connectivity index (χ0v) is 15.0. The monoisotopic (exact) mass is 318 g/mol. The molecule has 0 N–H and O–H groups in total. The first kappa shape index (κ1) is 19.8. The van der Waals surface area contributed by atoms with E-state index in [2.05, 4.69) is 6.92 Å². The molecule has 1 heterocycles. The molecule has 0 spiro atoms. The summed E-state index contributed by atoms with van der Waals surface area (Å²) in [6, 6.07) is 0. The van der Waals surface area contributed by atoms with Crippen molar-refractivity contribution in [2.45, 2.75) is 76.5 Å². The van der Waals surface area contributed by atoms with Crippen molar-refractivity contribution in [3.05, 3.63) is 0 Å². The van der Waals surface area contributed by atoms with Crippen molar-refractivity contribution >= 4 is 0 Å². The number of epoxide rings is 1.